The van der Waals surface area contributed by atoms with Crippen molar-refractivity contribution in [3.05, 3.63) is 66.0 Å². The summed E-state index contributed by atoms with van der Waals surface area (Å²) in [5.74, 6) is -1.45. The van der Waals surface area contributed by atoms with E-state index in [9.17, 15) is 19.2 Å². The van der Waals surface area contributed by atoms with E-state index >= 15 is 0 Å². The Kier molecular flexibility index (Phi) is 8.87. The first-order valence-electron chi connectivity index (χ1n) is 10.1. The van der Waals surface area contributed by atoms with Crippen LogP contribution in [-0.4, -0.2) is 47.1 Å². The number of carbonyl (C=O) groups excluding carboxylic acids is 4. The zero-order valence-electron chi connectivity index (χ0n) is 17.9. The van der Waals surface area contributed by atoms with Crippen LogP contribution in [0.25, 0.3) is 0 Å². The molecule has 0 bridgehead atoms. The van der Waals surface area contributed by atoms with Crippen molar-refractivity contribution >= 4 is 24.0 Å². The molecule has 0 fully saturated rings. The van der Waals surface area contributed by atoms with E-state index in [0.29, 0.717) is 11.8 Å². The van der Waals surface area contributed by atoms with E-state index in [2.05, 4.69) is 20.9 Å². The zero-order valence-corrected chi connectivity index (χ0v) is 17.9. The number of rotatable bonds is 10. The molecule has 1 unspecified atom stereocenters. The van der Waals surface area contributed by atoms with Gasteiger partial charge in [-0.2, -0.15) is 0 Å². The fraction of sp³-hybridized carbons (Fsp3) is 0.348. The maximum absolute atomic E-state index is 12.9. The van der Waals surface area contributed by atoms with Gasteiger partial charge in [0.25, 0.3) is 5.91 Å². The predicted octanol–water partition coefficient (Wildman–Crippen LogP) is 1.27. The summed E-state index contributed by atoms with van der Waals surface area (Å²) in [5.41, 5.74) is 1.23. The average molecular weight is 425 g/mol. The van der Waals surface area contributed by atoms with E-state index in [1.165, 1.54) is 6.92 Å². The molecule has 8 heteroatoms. The minimum atomic E-state index is -0.905. The van der Waals surface area contributed by atoms with Gasteiger partial charge < -0.3 is 20.7 Å². The molecular formula is C23H28N4O4. The molecule has 0 aliphatic heterocycles. The van der Waals surface area contributed by atoms with Crippen LogP contribution in [0.4, 0.5) is 0 Å². The van der Waals surface area contributed by atoms with Crippen molar-refractivity contribution in [3.63, 3.8) is 0 Å². The minimum absolute atomic E-state index is 0.0750. The Morgan fingerprint density at radius 2 is 1.55 bits per heavy atom. The molecular weight excluding hydrogens is 396 g/mol. The lowest BCUT2D eigenvalue weighted by atomic mass is 10.0. The maximum Gasteiger partial charge on any atom is 0.251 e. The molecule has 0 radical (unpaired) electrons. The SMILES string of the molecule is CC(C)[C@@H](C=O)NC(=O)[C@H](C)NC(=O)C(Cc1ccncc1)NC(=O)c1ccccc1. The van der Waals surface area contributed by atoms with Crippen LogP contribution in [0.1, 0.15) is 36.7 Å². The van der Waals surface area contributed by atoms with Gasteiger partial charge in [-0.1, -0.05) is 32.0 Å². The van der Waals surface area contributed by atoms with Gasteiger partial charge in [0, 0.05) is 24.4 Å². The molecule has 164 valence electrons. The van der Waals surface area contributed by atoms with Gasteiger partial charge in [-0.05, 0) is 42.7 Å². The Labute approximate surface area is 181 Å². The monoisotopic (exact) mass is 424 g/mol. The van der Waals surface area contributed by atoms with E-state index in [4.69, 9.17) is 0 Å². The molecule has 1 aromatic carbocycles. The van der Waals surface area contributed by atoms with Gasteiger partial charge in [0.15, 0.2) is 0 Å². The number of benzene rings is 1. The molecule has 0 saturated carbocycles. The molecule has 1 aromatic heterocycles. The summed E-state index contributed by atoms with van der Waals surface area (Å²) in [6.45, 7) is 5.15. The highest BCUT2D eigenvalue weighted by atomic mass is 16.2. The zero-order chi connectivity index (χ0) is 22.8. The number of nitrogens with zero attached hydrogens (tertiary/aromatic N) is 1. The van der Waals surface area contributed by atoms with Crippen LogP contribution in [-0.2, 0) is 20.8 Å². The third kappa shape index (κ3) is 7.33. The van der Waals surface area contributed by atoms with Gasteiger partial charge in [0.1, 0.15) is 18.4 Å². The second-order valence-electron chi connectivity index (χ2n) is 7.60. The van der Waals surface area contributed by atoms with Crippen molar-refractivity contribution in [1.82, 2.24) is 20.9 Å². The first kappa shape index (κ1) is 23.7. The van der Waals surface area contributed by atoms with Crippen LogP contribution in [0.15, 0.2) is 54.9 Å². The largest absolute Gasteiger partial charge is 0.345 e. The number of hydrogen-bond donors (Lipinski definition) is 3. The lowest BCUT2D eigenvalue weighted by molar-refractivity contribution is -0.130. The summed E-state index contributed by atoms with van der Waals surface area (Å²) < 4.78 is 0. The third-order valence-corrected chi connectivity index (χ3v) is 4.77. The van der Waals surface area contributed by atoms with Gasteiger partial charge in [-0.15, -0.1) is 0 Å². The van der Waals surface area contributed by atoms with E-state index < -0.39 is 35.8 Å². The Morgan fingerprint density at radius 3 is 2.13 bits per heavy atom. The fourth-order valence-electron chi connectivity index (χ4n) is 2.82. The first-order chi connectivity index (χ1) is 14.8. The fourth-order valence-corrected chi connectivity index (χ4v) is 2.82. The second kappa shape index (κ2) is 11.6. The van der Waals surface area contributed by atoms with Gasteiger partial charge >= 0.3 is 0 Å². The van der Waals surface area contributed by atoms with Crippen molar-refractivity contribution in [2.45, 2.75) is 45.3 Å². The lowest BCUT2D eigenvalue weighted by Crippen LogP contribution is -2.55. The Morgan fingerprint density at radius 1 is 0.903 bits per heavy atom. The number of amides is 3. The van der Waals surface area contributed by atoms with Crippen LogP contribution in [0.2, 0.25) is 0 Å². The van der Waals surface area contributed by atoms with E-state index in [1.54, 1.807) is 54.9 Å². The third-order valence-electron chi connectivity index (χ3n) is 4.77. The molecule has 0 saturated heterocycles. The topological polar surface area (TPSA) is 117 Å². The molecule has 0 aliphatic carbocycles. The molecule has 8 nitrogen and oxygen atoms in total. The quantitative estimate of drug-likeness (QED) is 0.497. The normalized spacial score (nSPS) is 13.5. The number of carbonyl (C=O) groups is 4. The second-order valence-corrected chi connectivity index (χ2v) is 7.60. The van der Waals surface area contributed by atoms with Crippen molar-refractivity contribution < 1.29 is 19.2 Å². The molecule has 3 N–H and O–H groups in total. The van der Waals surface area contributed by atoms with Gasteiger partial charge in [0.05, 0.1) is 6.04 Å². The van der Waals surface area contributed by atoms with E-state index in [0.717, 1.165) is 5.56 Å². The van der Waals surface area contributed by atoms with Gasteiger partial charge in [-0.3, -0.25) is 19.4 Å². The molecule has 3 atom stereocenters. The maximum atomic E-state index is 12.9. The summed E-state index contributed by atoms with van der Waals surface area (Å²) >= 11 is 0. The Bertz CT molecular complexity index is 887. The van der Waals surface area contributed by atoms with Crippen molar-refractivity contribution in [2.24, 2.45) is 5.92 Å². The average Bonchev–Trinajstić information content (AvgIpc) is 2.77. The van der Waals surface area contributed by atoms with E-state index in [1.807, 2.05) is 13.8 Å². The van der Waals surface area contributed by atoms with Crippen LogP contribution >= 0.6 is 0 Å². The molecule has 0 aliphatic rings. The summed E-state index contributed by atoms with van der Waals surface area (Å²) in [6.07, 6.45) is 4.10. The standard InChI is InChI=1S/C23H28N4O4/c1-15(2)20(14-28)27-21(29)16(3)25-23(31)19(13-17-9-11-24-12-10-17)26-22(30)18-7-5-4-6-8-18/h4-12,14-16,19-20H,13H2,1-3H3,(H,25,31)(H,26,30)(H,27,29)/t16-,19?,20+/m0/s1. The highest BCUT2D eigenvalue weighted by Gasteiger charge is 2.26. The highest BCUT2D eigenvalue weighted by Crippen LogP contribution is 2.06. The first-order valence-corrected chi connectivity index (χ1v) is 10.1. The molecule has 2 aromatic rings. The summed E-state index contributed by atoms with van der Waals surface area (Å²) in [6, 6.07) is 9.63. The van der Waals surface area contributed by atoms with Crippen LogP contribution in [0, 0.1) is 5.92 Å². The molecule has 3 amide bonds. The van der Waals surface area contributed by atoms with Gasteiger partial charge in [0.2, 0.25) is 11.8 Å². The molecule has 2 rings (SSSR count). The van der Waals surface area contributed by atoms with Crippen LogP contribution in [0.5, 0.6) is 0 Å². The van der Waals surface area contributed by atoms with E-state index in [-0.39, 0.29) is 12.3 Å². The number of nitrogens with one attached hydrogen (secondary N) is 3. The smallest absolute Gasteiger partial charge is 0.251 e. The molecule has 1 heterocycles. The number of pyridine rings is 1. The van der Waals surface area contributed by atoms with Crippen molar-refractivity contribution in [1.29, 1.82) is 0 Å². The summed E-state index contributed by atoms with van der Waals surface area (Å²) in [4.78, 5) is 53.0. The van der Waals surface area contributed by atoms with Crippen molar-refractivity contribution in [2.75, 3.05) is 0 Å². The van der Waals surface area contributed by atoms with Gasteiger partial charge in [-0.25, -0.2) is 0 Å². The highest BCUT2D eigenvalue weighted by molar-refractivity contribution is 5.98. The lowest BCUT2D eigenvalue weighted by Gasteiger charge is -2.23. The molecule has 0 spiro atoms. The van der Waals surface area contributed by atoms with Crippen LogP contribution < -0.4 is 16.0 Å². The Balaban J connectivity index is 2.10. The Hall–Kier alpha value is -3.55. The predicted molar refractivity (Wildman–Crippen MR) is 116 cm³/mol. The number of aromatic nitrogens is 1. The molecule has 31 heavy (non-hydrogen) atoms. The summed E-state index contributed by atoms with van der Waals surface area (Å²) in [7, 11) is 0. The number of hydrogen-bond acceptors (Lipinski definition) is 5. The van der Waals surface area contributed by atoms with Crippen LogP contribution in [0.3, 0.4) is 0 Å². The minimum Gasteiger partial charge on any atom is -0.345 e. The number of aldehydes is 1. The summed E-state index contributed by atoms with van der Waals surface area (Å²) in [5, 5.41) is 7.97. The van der Waals surface area contributed by atoms with Crippen molar-refractivity contribution in [3.8, 4) is 0 Å².